The summed E-state index contributed by atoms with van der Waals surface area (Å²) in [4.78, 5) is 27.9. The minimum atomic E-state index is -0.544. The summed E-state index contributed by atoms with van der Waals surface area (Å²) in [6, 6.07) is 20.1. The van der Waals surface area contributed by atoms with Gasteiger partial charge in [0.05, 0.1) is 5.41 Å². The summed E-state index contributed by atoms with van der Waals surface area (Å²) in [5, 5.41) is 6.50. The molecule has 2 saturated heterocycles. The molecule has 2 aliphatic heterocycles. The van der Waals surface area contributed by atoms with Gasteiger partial charge >= 0.3 is 0 Å². The van der Waals surface area contributed by atoms with E-state index < -0.39 is 5.41 Å². The molecule has 0 aromatic heterocycles. The highest BCUT2D eigenvalue weighted by Gasteiger charge is 2.54. The number of carbonyl (C=O) groups excluding carboxylic acids is 2. The van der Waals surface area contributed by atoms with E-state index in [0.29, 0.717) is 31.5 Å². The number of nitrogens with one attached hydrogen (secondary N) is 1. The van der Waals surface area contributed by atoms with Crippen molar-refractivity contribution >= 4 is 22.6 Å². The van der Waals surface area contributed by atoms with Crippen LogP contribution in [-0.2, 0) is 4.79 Å². The monoisotopic (exact) mass is 460 g/mol. The normalized spacial score (nSPS) is 20.2. The van der Waals surface area contributed by atoms with Crippen LogP contribution in [0.25, 0.3) is 10.8 Å². The van der Waals surface area contributed by atoms with E-state index in [4.69, 9.17) is 5.84 Å². The molecule has 5 rings (SSSR count). The highest BCUT2D eigenvalue weighted by atomic mass is 19.1. The summed E-state index contributed by atoms with van der Waals surface area (Å²) in [6.07, 6.45) is 1.39. The van der Waals surface area contributed by atoms with Crippen LogP contribution in [0.4, 0.5) is 4.39 Å². The summed E-state index contributed by atoms with van der Waals surface area (Å²) in [5.74, 6) is 5.60. The zero-order valence-electron chi connectivity index (χ0n) is 19.0. The maximum Gasteiger partial charge on any atom is 0.251 e. The number of benzene rings is 3. The third-order valence-electron chi connectivity index (χ3n) is 7.48. The Labute approximate surface area is 198 Å². The standard InChI is InChI=1S/C27H29FN4O2/c28-23-9-7-20(8-10-23)24-18-32(29)26(34)27(24)11-14-31(15-12-27)16-13-30-25(33)22-6-5-19-3-1-2-4-21(19)17-22/h1-10,17,24H,11-16,18,29H2,(H,30,33). The fourth-order valence-corrected chi connectivity index (χ4v) is 5.51. The number of nitrogens with zero attached hydrogens (tertiary/aromatic N) is 2. The molecule has 3 aromatic carbocycles. The third kappa shape index (κ3) is 4.17. The van der Waals surface area contributed by atoms with Crippen molar-refractivity contribution in [2.24, 2.45) is 11.3 Å². The number of halogens is 1. The average Bonchev–Trinajstić information content (AvgIpc) is 3.10. The molecule has 2 heterocycles. The van der Waals surface area contributed by atoms with Crippen molar-refractivity contribution in [3.05, 3.63) is 83.7 Å². The largest absolute Gasteiger partial charge is 0.351 e. The first-order valence-electron chi connectivity index (χ1n) is 11.8. The summed E-state index contributed by atoms with van der Waals surface area (Å²) in [5.41, 5.74) is 1.06. The lowest BCUT2D eigenvalue weighted by Gasteiger charge is -2.41. The van der Waals surface area contributed by atoms with Crippen LogP contribution in [0.1, 0.15) is 34.7 Å². The van der Waals surface area contributed by atoms with E-state index in [1.165, 1.54) is 17.1 Å². The van der Waals surface area contributed by atoms with Gasteiger partial charge in [-0.15, -0.1) is 0 Å². The quantitative estimate of drug-likeness (QED) is 0.452. The number of hydrogen-bond acceptors (Lipinski definition) is 4. The molecule has 2 fully saturated rings. The molecule has 7 heteroatoms. The third-order valence-corrected chi connectivity index (χ3v) is 7.48. The Morgan fingerprint density at radius 2 is 1.74 bits per heavy atom. The maximum absolute atomic E-state index is 13.4. The average molecular weight is 461 g/mol. The van der Waals surface area contributed by atoms with E-state index in [1.807, 2.05) is 42.5 Å². The fourth-order valence-electron chi connectivity index (χ4n) is 5.51. The lowest BCUT2D eigenvalue weighted by Crippen LogP contribution is -2.48. The predicted molar refractivity (Wildman–Crippen MR) is 129 cm³/mol. The van der Waals surface area contributed by atoms with E-state index in [1.54, 1.807) is 12.1 Å². The maximum atomic E-state index is 13.4. The molecule has 2 aliphatic rings. The number of hydrazine groups is 1. The van der Waals surface area contributed by atoms with Gasteiger partial charge in [0.1, 0.15) is 5.82 Å². The second-order valence-corrected chi connectivity index (χ2v) is 9.38. The number of nitrogens with two attached hydrogens (primary N) is 1. The zero-order valence-corrected chi connectivity index (χ0v) is 19.0. The molecule has 1 unspecified atom stereocenters. The van der Waals surface area contributed by atoms with Crippen molar-refractivity contribution in [3.8, 4) is 0 Å². The number of amides is 2. The van der Waals surface area contributed by atoms with E-state index in [2.05, 4.69) is 10.2 Å². The molecule has 1 spiro atoms. The van der Waals surface area contributed by atoms with Gasteiger partial charge in [-0.25, -0.2) is 10.2 Å². The van der Waals surface area contributed by atoms with Crippen LogP contribution in [0.3, 0.4) is 0 Å². The van der Waals surface area contributed by atoms with E-state index in [9.17, 15) is 14.0 Å². The SMILES string of the molecule is NN1CC(c2ccc(F)cc2)C2(CCN(CCNC(=O)c3ccc4ccccc4c3)CC2)C1=O. The molecular weight excluding hydrogens is 431 g/mol. The molecule has 6 nitrogen and oxygen atoms in total. The van der Waals surface area contributed by atoms with Crippen LogP contribution < -0.4 is 11.2 Å². The smallest absolute Gasteiger partial charge is 0.251 e. The van der Waals surface area contributed by atoms with Crippen molar-refractivity contribution in [1.29, 1.82) is 0 Å². The van der Waals surface area contributed by atoms with Crippen LogP contribution in [0.15, 0.2) is 66.7 Å². The Bertz CT molecular complexity index is 1200. The van der Waals surface area contributed by atoms with Crippen molar-refractivity contribution in [2.75, 3.05) is 32.7 Å². The first-order valence-corrected chi connectivity index (χ1v) is 11.8. The van der Waals surface area contributed by atoms with Crippen molar-refractivity contribution in [3.63, 3.8) is 0 Å². The van der Waals surface area contributed by atoms with Gasteiger partial charge in [0.15, 0.2) is 0 Å². The molecule has 176 valence electrons. The van der Waals surface area contributed by atoms with Crippen molar-refractivity contribution in [1.82, 2.24) is 15.2 Å². The van der Waals surface area contributed by atoms with E-state index >= 15 is 0 Å². The van der Waals surface area contributed by atoms with Crippen LogP contribution >= 0.6 is 0 Å². The minimum Gasteiger partial charge on any atom is -0.351 e. The zero-order chi connectivity index (χ0) is 23.7. The first kappa shape index (κ1) is 22.5. The van der Waals surface area contributed by atoms with Gasteiger partial charge in [-0.3, -0.25) is 14.6 Å². The molecule has 0 radical (unpaired) electrons. The van der Waals surface area contributed by atoms with Crippen LogP contribution in [0.2, 0.25) is 0 Å². The minimum absolute atomic E-state index is 0.0221. The predicted octanol–water partition coefficient (Wildman–Crippen LogP) is 3.29. The molecule has 2 amide bonds. The molecule has 1 atom stereocenters. The van der Waals surface area contributed by atoms with E-state index in [0.717, 1.165) is 36.0 Å². The van der Waals surface area contributed by atoms with Crippen molar-refractivity contribution in [2.45, 2.75) is 18.8 Å². The Kier molecular flexibility index (Phi) is 6.06. The van der Waals surface area contributed by atoms with E-state index in [-0.39, 0.29) is 23.5 Å². The molecular formula is C27H29FN4O2. The van der Waals surface area contributed by atoms with Crippen LogP contribution in [0, 0.1) is 11.2 Å². The summed E-state index contributed by atoms with van der Waals surface area (Å²) in [6.45, 7) is 3.21. The van der Waals surface area contributed by atoms with Crippen LogP contribution in [-0.4, -0.2) is 54.4 Å². The second-order valence-electron chi connectivity index (χ2n) is 9.38. The van der Waals surface area contributed by atoms with Gasteiger partial charge in [-0.05, 0) is 66.5 Å². The number of fused-ring (bicyclic) bond motifs is 1. The lowest BCUT2D eigenvalue weighted by molar-refractivity contribution is -0.139. The topological polar surface area (TPSA) is 78.7 Å². The van der Waals surface area contributed by atoms with Gasteiger partial charge in [-0.2, -0.15) is 0 Å². The molecule has 34 heavy (non-hydrogen) atoms. The Hall–Kier alpha value is -3.29. The Morgan fingerprint density at radius 3 is 2.47 bits per heavy atom. The molecule has 0 bridgehead atoms. The van der Waals surface area contributed by atoms with Gasteiger partial charge in [-0.1, -0.05) is 42.5 Å². The Balaban J connectivity index is 1.18. The van der Waals surface area contributed by atoms with Gasteiger partial charge in [0.25, 0.3) is 5.91 Å². The number of hydrogen-bond donors (Lipinski definition) is 2. The van der Waals surface area contributed by atoms with Crippen molar-refractivity contribution < 1.29 is 14.0 Å². The number of likely N-dealkylation sites (tertiary alicyclic amines) is 1. The Morgan fingerprint density at radius 1 is 1.03 bits per heavy atom. The summed E-state index contributed by atoms with van der Waals surface area (Å²) >= 11 is 0. The highest BCUT2D eigenvalue weighted by molar-refractivity contribution is 5.98. The number of carbonyl (C=O) groups is 2. The molecule has 0 aliphatic carbocycles. The van der Waals surface area contributed by atoms with Gasteiger partial charge in [0, 0.05) is 31.1 Å². The second kappa shape index (κ2) is 9.16. The van der Waals surface area contributed by atoms with Gasteiger partial charge in [0.2, 0.25) is 5.91 Å². The number of piperidine rings is 1. The highest BCUT2D eigenvalue weighted by Crippen LogP contribution is 2.49. The van der Waals surface area contributed by atoms with Gasteiger partial charge < -0.3 is 10.2 Å². The lowest BCUT2D eigenvalue weighted by atomic mass is 9.68. The molecule has 3 aromatic rings. The fraction of sp³-hybridized carbons (Fsp3) is 0.333. The molecule has 3 N–H and O–H groups in total. The molecule has 0 saturated carbocycles. The first-order chi connectivity index (χ1) is 16.5. The summed E-state index contributed by atoms with van der Waals surface area (Å²) < 4.78 is 13.4. The summed E-state index contributed by atoms with van der Waals surface area (Å²) in [7, 11) is 0. The number of rotatable bonds is 5. The van der Waals surface area contributed by atoms with Crippen LogP contribution in [0.5, 0.6) is 0 Å².